The lowest BCUT2D eigenvalue weighted by molar-refractivity contribution is -0.148. The molecule has 4 aromatic rings. The fourth-order valence-electron chi connectivity index (χ4n) is 14.7. The third kappa shape index (κ3) is 23.7. The second-order valence-electron chi connectivity index (χ2n) is 30.0. The summed E-state index contributed by atoms with van der Waals surface area (Å²) in [5.41, 5.74) is 10.5. The summed E-state index contributed by atoms with van der Waals surface area (Å²) in [7, 11) is 6.04. The van der Waals surface area contributed by atoms with Crippen molar-refractivity contribution < 1.29 is 86.3 Å². The molecule has 3 aliphatic rings. The number of cyclic esters (lactones) is 1. The number of methoxy groups -OCH3 is 2. The van der Waals surface area contributed by atoms with Crippen molar-refractivity contribution >= 4 is 77.1 Å². The maximum atomic E-state index is 14.9. The standard InChI is InChI=1S/C81H114N12O18/c1-15-48(8)69(63(107-13)42-65(95)93-39-24-32-62(93)71(108-14)49(9)72(97)84-50(10)70(96)52-25-17-16-18-26-52)91(11)77(102)67(46(4)5)90-76(101)68(47(6)7)92(12)81(106)111-43-51-33-35-53(36-34-51)85-73(98)59(31-23-38-83-79(82)104)87-75(100)66(45(2)3)89-74(99)61(41-64(94)86-60-37-40-109-78(60)103)88-80(105)110-44-58-56-29-21-19-27-54(56)55-28-20-22-30-57(55)58/h16-22,25-30,33-36,45-50,58-63,66-71,96H,15,23-24,31-32,37-44H2,1-14H3,(H,84,97)(H,85,98)(H,86,94)(H,87,100)(H,88,105)(H,89,99)(H,90,101)(H3,82,83,104)/t48-,49+,50+,59-,60-,61-,62-,63+,66-,67-,68-,69-,70+,71+/m0/s1. The molecule has 12 amide bonds. The zero-order valence-corrected chi connectivity index (χ0v) is 66.2. The molecule has 2 aliphatic heterocycles. The smallest absolute Gasteiger partial charge is 0.410 e. The lowest BCUT2D eigenvalue weighted by Gasteiger charge is -2.41. The molecule has 0 aromatic heterocycles. The van der Waals surface area contributed by atoms with Gasteiger partial charge >= 0.3 is 24.2 Å². The van der Waals surface area contributed by atoms with Crippen molar-refractivity contribution in [1.82, 2.24) is 51.9 Å². The summed E-state index contributed by atoms with van der Waals surface area (Å²) in [6, 6.07) is 20.6. The number of nitrogens with one attached hydrogen (secondary N) is 8. The minimum atomic E-state index is -1.64. The Balaban J connectivity index is 0.956. The molecule has 11 N–H and O–H groups in total. The van der Waals surface area contributed by atoms with Crippen LogP contribution in [0.2, 0.25) is 0 Å². The number of aliphatic hydroxyl groups is 1. The highest BCUT2D eigenvalue weighted by molar-refractivity contribution is 6.00. The molecular weight excluding hydrogens is 1430 g/mol. The van der Waals surface area contributed by atoms with Gasteiger partial charge in [0.25, 0.3) is 0 Å². The van der Waals surface area contributed by atoms with Crippen LogP contribution in [0.25, 0.3) is 11.1 Å². The Hall–Kier alpha value is -10.2. The highest BCUT2D eigenvalue weighted by Crippen LogP contribution is 2.44. The van der Waals surface area contributed by atoms with E-state index in [-0.39, 0.29) is 81.4 Å². The van der Waals surface area contributed by atoms with Crippen LogP contribution in [0.15, 0.2) is 103 Å². The Morgan fingerprint density at radius 2 is 1.28 bits per heavy atom. The molecule has 7 rings (SSSR count). The van der Waals surface area contributed by atoms with Crippen molar-refractivity contribution in [3.05, 3.63) is 125 Å². The largest absolute Gasteiger partial charge is 0.464 e. The number of likely N-dealkylation sites (N-methyl/N-ethyl adjacent to an activating group) is 2. The minimum absolute atomic E-state index is 0.0274. The van der Waals surface area contributed by atoms with Crippen molar-refractivity contribution in [3.8, 4) is 11.1 Å². The molecule has 30 heteroatoms. The van der Waals surface area contributed by atoms with E-state index in [1.807, 2.05) is 80.6 Å². The van der Waals surface area contributed by atoms with Gasteiger partial charge in [0.15, 0.2) is 0 Å². The summed E-state index contributed by atoms with van der Waals surface area (Å²) in [6.07, 6.45) is -2.99. The predicted octanol–water partition coefficient (Wildman–Crippen LogP) is 6.32. The third-order valence-corrected chi connectivity index (χ3v) is 21.1. The first-order chi connectivity index (χ1) is 52.8. The number of amides is 12. The van der Waals surface area contributed by atoms with Gasteiger partial charge in [-0.05, 0) is 102 Å². The van der Waals surface area contributed by atoms with E-state index in [1.165, 1.54) is 38.3 Å². The number of aliphatic hydroxyl groups excluding tert-OH is 1. The molecule has 2 heterocycles. The van der Waals surface area contributed by atoms with E-state index >= 15 is 0 Å². The van der Waals surface area contributed by atoms with Gasteiger partial charge in [-0.1, -0.05) is 160 Å². The normalized spacial score (nSPS) is 17.8. The third-order valence-electron chi connectivity index (χ3n) is 21.1. The van der Waals surface area contributed by atoms with E-state index in [2.05, 4.69) is 42.5 Å². The first kappa shape index (κ1) is 88.0. The van der Waals surface area contributed by atoms with Gasteiger partial charge in [-0.3, -0.25) is 43.3 Å². The zero-order chi connectivity index (χ0) is 81.5. The summed E-state index contributed by atoms with van der Waals surface area (Å²) < 4.78 is 28.5. The fraction of sp³-hybridized carbons (Fsp3) is 0.556. The van der Waals surface area contributed by atoms with Crippen molar-refractivity contribution in [3.63, 3.8) is 0 Å². The molecule has 0 spiro atoms. The number of urea groups is 1. The van der Waals surface area contributed by atoms with E-state index < -0.39 is 162 Å². The number of benzene rings is 4. The SMILES string of the molecule is CC[C@H](C)[C@@H]([C@@H](CC(=O)N1CCC[C@H]1[C@H](OC)[C@@H](C)C(=O)N[C@H](C)[C@@H](O)c1ccccc1)OC)N(C)C(=O)[C@@H](NC(=O)[C@H](C(C)C)N(C)C(=O)OCc1ccc(NC(=O)[C@H](CCCNC(N)=O)NC(=O)[C@@H](NC(=O)[C@H](CC(=O)N[C@H]2CCOC2=O)NC(=O)OCC2c3ccccc3-c3ccccc32)C(C)C)cc1)C(C)C. The first-order valence-corrected chi connectivity index (χ1v) is 38.3. The van der Waals surface area contributed by atoms with Crippen LogP contribution in [0.1, 0.15) is 155 Å². The van der Waals surface area contributed by atoms with Crippen LogP contribution < -0.4 is 48.3 Å². The van der Waals surface area contributed by atoms with Crippen molar-refractivity contribution in [2.24, 2.45) is 35.3 Å². The second-order valence-corrected chi connectivity index (χ2v) is 30.0. The molecule has 14 atom stereocenters. The number of primary amides is 1. The van der Waals surface area contributed by atoms with Gasteiger partial charge < -0.3 is 86.9 Å². The maximum absolute atomic E-state index is 14.9. The molecule has 111 heavy (non-hydrogen) atoms. The number of anilines is 1. The number of likely N-dealkylation sites (tertiary alicyclic amines) is 1. The summed E-state index contributed by atoms with van der Waals surface area (Å²) in [5.74, 6) is -8.40. The number of hydrogen-bond acceptors (Lipinski definition) is 18. The second kappa shape index (κ2) is 41.7. The Labute approximate surface area is 650 Å². The van der Waals surface area contributed by atoms with Crippen LogP contribution in [0.5, 0.6) is 0 Å². The molecule has 0 unspecified atom stereocenters. The van der Waals surface area contributed by atoms with Crippen molar-refractivity contribution in [1.29, 1.82) is 0 Å². The summed E-state index contributed by atoms with van der Waals surface area (Å²) in [6.45, 7) is 17.8. The van der Waals surface area contributed by atoms with Gasteiger partial charge in [-0.2, -0.15) is 0 Å². The van der Waals surface area contributed by atoms with Crippen molar-refractivity contribution in [2.75, 3.05) is 59.9 Å². The van der Waals surface area contributed by atoms with E-state index in [9.17, 15) is 62.6 Å². The molecular formula is C81H114N12O18. The molecule has 4 aromatic carbocycles. The zero-order valence-electron chi connectivity index (χ0n) is 66.2. The molecule has 2 fully saturated rings. The topological polar surface area (TPSA) is 403 Å². The Morgan fingerprint density at radius 3 is 1.86 bits per heavy atom. The van der Waals surface area contributed by atoms with Gasteiger partial charge in [0.2, 0.25) is 47.3 Å². The highest BCUT2D eigenvalue weighted by Gasteiger charge is 2.45. The Bertz CT molecular complexity index is 3820. The van der Waals surface area contributed by atoms with Crippen LogP contribution in [0.3, 0.4) is 0 Å². The van der Waals surface area contributed by atoms with Gasteiger partial charge in [0.1, 0.15) is 49.5 Å². The number of nitrogens with zero attached hydrogens (tertiary/aromatic N) is 3. The van der Waals surface area contributed by atoms with Crippen LogP contribution in [0.4, 0.5) is 20.1 Å². The van der Waals surface area contributed by atoms with Gasteiger partial charge in [0.05, 0.1) is 61.8 Å². The van der Waals surface area contributed by atoms with Gasteiger partial charge in [-0.25, -0.2) is 19.2 Å². The Kier molecular flexibility index (Phi) is 33.1. The van der Waals surface area contributed by atoms with Crippen LogP contribution in [-0.2, 0) is 73.4 Å². The fourth-order valence-corrected chi connectivity index (χ4v) is 14.7. The van der Waals surface area contributed by atoms with E-state index in [0.29, 0.717) is 36.9 Å². The number of carbonyl (C=O) groups is 12. The maximum Gasteiger partial charge on any atom is 0.410 e. The van der Waals surface area contributed by atoms with Gasteiger partial charge in [-0.15, -0.1) is 0 Å². The average molecular weight is 1540 g/mol. The number of esters is 1. The molecule has 0 bridgehead atoms. The van der Waals surface area contributed by atoms with Gasteiger partial charge in [0, 0.05) is 59.4 Å². The van der Waals surface area contributed by atoms with Crippen LogP contribution in [-0.4, -0.2) is 212 Å². The molecule has 2 saturated heterocycles. The Morgan fingerprint density at radius 1 is 0.658 bits per heavy atom. The monoisotopic (exact) mass is 1540 g/mol. The summed E-state index contributed by atoms with van der Waals surface area (Å²) in [4.78, 5) is 170. The number of fused-ring (bicyclic) bond motifs is 3. The van der Waals surface area contributed by atoms with E-state index in [0.717, 1.165) is 27.2 Å². The number of alkyl carbamates (subject to hydrolysis) is 1. The number of ether oxygens (including phenoxy) is 5. The number of carbonyl (C=O) groups excluding carboxylic acids is 12. The number of nitrogens with two attached hydrogens (primary N) is 1. The highest BCUT2D eigenvalue weighted by atomic mass is 16.6. The molecule has 0 radical (unpaired) electrons. The van der Waals surface area contributed by atoms with E-state index in [1.54, 1.807) is 91.6 Å². The molecule has 0 saturated carbocycles. The van der Waals surface area contributed by atoms with E-state index in [4.69, 9.17) is 29.4 Å². The minimum Gasteiger partial charge on any atom is -0.464 e. The molecule has 30 nitrogen and oxygen atoms in total. The lowest BCUT2D eigenvalue weighted by Crippen LogP contribution is -2.60. The van der Waals surface area contributed by atoms with Crippen LogP contribution in [0, 0.1) is 29.6 Å². The predicted molar refractivity (Wildman–Crippen MR) is 413 cm³/mol. The number of hydrogen-bond donors (Lipinski definition) is 10. The quantitative estimate of drug-likeness (QED) is 0.0133. The average Bonchev–Trinajstić information content (AvgIpc) is 1.62. The van der Waals surface area contributed by atoms with Crippen molar-refractivity contribution in [2.45, 2.75) is 206 Å². The number of rotatable bonds is 39. The first-order valence-electron chi connectivity index (χ1n) is 38.3. The van der Waals surface area contributed by atoms with Crippen LogP contribution >= 0.6 is 0 Å². The summed E-state index contributed by atoms with van der Waals surface area (Å²) >= 11 is 0. The molecule has 606 valence electrons. The lowest BCUT2D eigenvalue weighted by atomic mass is 9.89. The summed E-state index contributed by atoms with van der Waals surface area (Å²) in [5, 5.41) is 32.5. The molecule has 1 aliphatic carbocycles.